The van der Waals surface area contributed by atoms with Gasteiger partial charge in [-0.15, -0.1) is 0 Å². The predicted molar refractivity (Wildman–Crippen MR) is 128 cm³/mol. The highest BCUT2D eigenvalue weighted by molar-refractivity contribution is 5.98. The van der Waals surface area contributed by atoms with Crippen molar-refractivity contribution in [3.8, 4) is 5.75 Å². The maximum Gasteiger partial charge on any atom is 0.315 e. The highest BCUT2D eigenvalue weighted by Gasteiger charge is 2.21. The van der Waals surface area contributed by atoms with Gasteiger partial charge in [0.15, 0.2) is 11.4 Å². The highest BCUT2D eigenvalue weighted by Crippen LogP contribution is 2.26. The van der Waals surface area contributed by atoms with Gasteiger partial charge in [-0.2, -0.15) is 5.10 Å². The number of carbonyl (C=O) groups excluding carboxylic acids is 4. The van der Waals surface area contributed by atoms with E-state index in [1.54, 1.807) is 42.5 Å². The Kier molecular flexibility index (Phi) is 5.99. The van der Waals surface area contributed by atoms with Crippen molar-refractivity contribution in [2.45, 2.75) is 26.4 Å². The fourth-order valence-corrected chi connectivity index (χ4v) is 3.89. The van der Waals surface area contributed by atoms with Crippen LogP contribution in [-0.4, -0.2) is 38.2 Å². The predicted octanol–water partition coefficient (Wildman–Crippen LogP) is 2.25. The molecular weight excluding hydrogens is 462 g/mol. The van der Waals surface area contributed by atoms with Crippen molar-refractivity contribution in [1.29, 1.82) is 0 Å². The summed E-state index contributed by atoms with van der Waals surface area (Å²) in [5.41, 5.74) is 3.57. The van der Waals surface area contributed by atoms with Crippen LogP contribution in [0.15, 0.2) is 60.8 Å². The smallest absolute Gasteiger partial charge is 0.315 e. The lowest BCUT2D eigenvalue weighted by molar-refractivity contribution is -0.131. The van der Waals surface area contributed by atoms with Gasteiger partial charge in [0.2, 0.25) is 0 Å². The highest BCUT2D eigenvalue weighted by atomic mass is 16.5. The van der Waals surface area contributed by atoms with E-state index >= 15 is 0 Å². The first-order valence-corrected chi connectivity index (χ1v) is 11.2. The number of rotatable bonds is 7. The van der Waals surface area contributed by atoms with Crippen molar-refractivity contribution in [1.82, 2.24) is 25.2 Å². The summed E-state index contributed by atoms with van der Waals surface area (Å²) in [7, 11) is 0. The summed E-state index contributed by atoms with van der Waals surface area (Å²) >= 11 is 0. The third kappa shape index (κ3) is 4.69. The molecule has 2 amide bonds. The lowest BCUT2D eigenvalue weighted by Crippen LogP contribution is -2.28. The molecule has 10 nitrogen and oxygen atoms in total. The van der Waals surface area contributed by atoms with Crippen LogP contribution < -0.4 is 15.4 Å². The van der Waals surface area contributed by atoms with Crippen molar-refractivity contribution in [3.05, 3.63) is 94.4 Å². The summed E-state index contributed by atoms with van der Waals surface area (Å²) in [5.74, 6) is -0.689. The molecule has 3 heterocycles. The van der Waals surface area contributed by atoms with Crippen LogP contribution in [0, 0.1) is 0 Å². The molecular formula is C26H21N5O5. The second kappa shape index (κ2) is 9.41. The number of nitrogens with one attached hydrogen (secondary N) is 2. The Labute approximate surface area is 205 Å². The molecule has 0 unspecified atom stereocenters. The summed E-state index contributed by atoms with van der Waals surface area (Å²) in [6.07, 6.45) is 1.70. The van der Waals surface area contributed by atoms with Crippen molar-refractivity contribution in [2.75, 3.05) is 0 Å². The van der Waals surface area contributed by atoms with Gasteiger partial charge in [0.1, 0.15) is 17.1 Å². The molecule has 2 N–H and O–H groups in total. The van der Waals surface area contributed by atoms with E-state index in [-0.39, 0.29) is 42.7 Å². The number of hydrogen-bond donors (Lipinski definition) is 2. The first-order chi connectivity index (χ1) is 17.4. The van der Waals surface area contributed by atoms with Crippen LogP contribution in [0.4, 0.5) is 0 Å². The molecule has 1 aliphatic rings. The van der Waals surface area contributed by atoms with Crippen molar-refractivity contribution in [2.24, 2.45) is 0 Å². The molecule has 1 aliphatic heterocycles. The van der Waals surface area contributed by atoms with Crippen molar-refractivity contribution < 1.29 is 23.9 Å². The largest absolute Gasteiger partial charge is 0.426 e. The van der Waals surface area contributed by atoms with Crippen LogP contribution in [0.25, 0.3) is 5.65 Å². The third-order valence-corrected chi connectivity index (χ3v) is 5.77. The molecule has 2 aromatic carbocycles. The maximum atomic E-state index is 13.0. The quantitative estimate of drug-likeness (QED) is 0.234. The SMILES string of the molecule is CC(=O)c1ccc(CNC(=O)c2cc(C(=O)NCc3ccc4c(c3)CC(=O)O4)nc3ccnn23)cc1. The Morgan fingerprint density at radius 2 is 1.67 bits per heavy atom. The maximum absolute atomic E-state index is 13.0. The summed E-state index contributed by atoms with van der Waals surface area (Å²) in [4.78, 5) is 53.0. The fourth-order valence-electron chi connectivity index (χ4n) is 3.89. The van der Waals surface area contributed by atoms with E-state index in [0.29, 0.717) is 17.0 Å². The summed E-state index contributed by atoms with van der Waals surface area (Å²) in [5, 5.41) is 9.75. The van der Waals surface area contributed by atoms with Crippen LogP contribution in [0.3, 0.4) is 0 Å². The van der Waals surface area contributed by atoms with E-state index in [9.17, 15) is 19.2 Å². The molecule has 0 atom stereocenters. The first kappa shape index (κ1) is 22.9. The molecule has 0 saturated carbocycles. The van der Waals surface area contributed by atoms with Gasteiger partial charge in [-0.1, -0.05) is 30.3 Å². The average Bonchev–Trinajstić information content (AvgIpc) is 3.50. The second-order valence-electron chi connectivity index (χ2n) is 8.34. The number of amides is 2. The lowest BCUT2D eigenvalue weighted by atomic mass is 10.1. The number of fused-ring (bicyclic) bond motifs is 2. The van der Waals surface area contributed by atoms with Crippen molar-refractivity contribution >= 4 is 29.2 Å². The topological polar surface area (TPSA) is 132 Å². The minimum Gasteiger partial charge on any atom is -0.426 e. The van der Waals surface area contributed by atoms with Crippen LogP contribution in [0.2, 0.25) is 0 Å². The van der Waals surface area contributed by atoms with Gasteiger partial charge < -0.3 is 15.4 Å². The van der Waals surface area contributed by atoms with Gasteiger partial charge in [-0.25, -0.2) is 9.50 Å². The molecule has 5 rings (SSSR count). The zero-order chi connectivity index (χ0) is 25.2. The van der Waals surface area contributed by atoms with Crippen molar-refractivity contribution in [3.63, 3.8) is 0 Å². The number of hydrogen-bond acceptors (Lipinski definition) is 7. The normalized spacial score (nSPS) is 12.2. The van der Waals surface area contributed by atoms with Crippen LogP contribution in [-0.2, 0) is 24.3 Å². The van der Waals surface area contributed by atoms with Gasteiger partial charge >= 0.3 is 5.97 Å². The number of aromatic nitrogens is 3. The Balaban J connectivity index is 1.29. The molecule has 0 saturated heterocycles. The Hall–Kier alpha value is -4.86. The van der Waals surface area contributed by atoms with Gasteiger partial charge in [0.05, 0.1) is 12.6 Å². The molecule has 10 heteroatoms. The fraction of sp³-hybridized carbons (Fsp3) is 0.154. The first-order valence-electron chi connectivity index (χ1n) is 11.2. The second-order valence-corrected chi connectivity index (χ2v) is 8.34. The minimum atomic E-state index is -0.458. The van der Waals surface area contributed by atoms with Crippen LogP contribution in [0.1, 0.15) is 54.9 Å². The third-order valence-electron chi connectivity index (χ3n) is 5.77. The molecule has 36 heavy (non-hydrogen) atoms. The number of carbonyl (C=O) groups is 4. The number of Topliss-reactive ketones (excluding diaryl/α,β-unsaturated/α-hetero) is 1. The summed E-state index contributed by atoms with van der Waals surface area (Å²) < 4.78 is 6.46. The molecule has 0 spiro atoms. The van der Waals surface area contributed by atoms with Gasteiger partial charge in [0, 0.05) is 36.3 Å². The van der Waals surface area contributed by atoms with E-state index in [1.165, 1.54) is 23.7 Å². The molecule has 0 bridgehead atoms. The number of ether oxygens (including phenoxy) is 1. The number of nitrogens with zero attached hydrogens (tertiary/aromatic N) is 3. The van der Waals surface area contributed by atoms with Crippen LogP contribution in [0.5, 0.6) is 5.75 Å². The number of esters is 1. The molecule has 0 aliphatic carbocycles. The molecule has 2 aromatic heterocycles. The lowest BCUT2D eigenvalue weighted by Gasteiger charge is -2.10. The van der Waals surface area contributed by atoms with E-state index in [0.717, 1.165) is 16.7 Å². The minimum absolute atomic E-state index is 0.0328. The summed E-state index contributed by atoms with van der Waals surface area (Å²) in [6, 6.07) is 15.2. The molecule has 0 radical (unpaired) electrons. The standard InChI is InChI=1S/C26H21N5O5/c1-15(32)18-5-2-16(3-6-18)13-28-26(35)21-12-20(30-23-8-9-29-31(21)23)25(34)27-14-17-4-7-22-19(10-17)11-24(33)36-22/h2-10,12H,11,13-14H2,1H3,(H,27,34)(H,28,35). The molecule has 180 valence electrons. The van der Waals surface area contributed by atoms with E-state index in [2.05, 4.69) is 20.7 Å². The van der Waals surface area contributed by atoms with E-state index < -0.39 is 11.8 Å². The van der Waals surface area contributed by atoms with E-state index in [1.807, 2.05) is 6.07 Å². The monoisotopic (exact) mass is 483 g/mol. The average molecular weight is 483 g/mol. The van der Waals surface area contributed by atoms with Gasteiger partial charge in [-0.3, -0.25) is 19.2 Å². The Bertz CT molecular complexity index is 1520. The van der Waals surface area contributed by atoms with Gasteiger partial charge in [0.25, 0.3) is 11.8 Å². The number of benzene rings is 2. The van der Waals surface area contributed by atoms with Gasteiger partial charge in [-0.05, 0) is 30.2 Å². The zero-order valence-corrected chi connectivity index (χ0v) is 19.3. The Morgan fingerprint density at radius 3 is 2.44 bits per heavy atom. The molecule has 4 aromatic rings. The zero-order valence-electron chi connectivity index (χ0n) is 19.3. The van der Waals surface area contributed by atoms with Crippen LogP contribution >= 0.6 is 0 Å². The number of ketones is 1. The molecule has 0 fully saturated rings. The van der Waals surface area contributed by atoms with E-state index in [4.69, 9.17) is 4.74 Å². The summed E-state index contributed by atoms with van der Waals surface area (Å²) in [6.45, 7) is 1.94. The Morgan fingerprint density at radius 1 is 0.944 bits per heavy atom.